The van der Waals surface area contributed by atoms with Gasteiger partial charge in [-0.05, 0) is 17.7 Å². The van der Waals surface area contributed by atoms with Gasteiger partial charge in [-0.2, -0.15) is 8.42 Å². The van der Waals surface area contributed by atoms with Gasteiger partial charge < -0.3 is 0 Å². The number of benzene rings is 1. The molecule has 1 aromatic rings. The molecule has 82 valence electrons. The molecule has 0 fully saturated rings. The van der Waals surface area contributed by atoms with Crippen molar-refractivity contribution in [1.29, 1.82) is 0 Å². The lowest BCUT2D eigenvalue weighted by Crippen LogP contribution is -2.16. The standard InChI is InChI=1S/C9H9FO4S/c10-8-3-1-7(2-4-8)5-9(11)6-15(12,13)14/h1-4H,5-6H2,(H,12,13,14). The molecule has 0 saturated carbocycles. The number of ketones is 1. The van der Waals surface area contributed by atoms with Crippen molar-refractivity contribution in [2.45, 2.75) is 6.42 Å². The third-order valence-electron chi connectivity index (χ3n) is 1.66. The van der Waals surface area contributed by atoms with Crippen molar-refractivity contribution >= 4 is 15.9 Å². The number of halogens is 1. The van der Waals surface area contributed by atoms with Crippen LogP contribution in [0.25, 0.3) is 0 Å². The molecule has 6 heteroatoms. The summed E-state index contributed by atoms with van der Waals surface area (Å²) < 4.78 is 41.6. The largest absolute Gasteiger partial charge is 0.298 e. The van der Waals surface area contributed by atoms with Gasteiger partial charge in [-0.25, -0.2) is 4.39 Å². The molecular weight excluding hydrogens is 223 g/mol. The minimum atomic E-state index is -4.28. The van der Waals surface area contributed by atoms with Crippen molar-refractivity contribution < 1.29 is 22.2 Å². The van der Waals surface area contributed by atoms with E-state index in [4.69, 9.17) is 4.55 Å². The fourth-order valence-electron chi connectivity index (χ4n) is 1.08. The lowest BCUT2D eigenvalue weighted by atomic mass is 10.1. The molecule has 0 atom stereocenters. The Bertz CT molecular complexity index is 450. The second kappa shape index (κ2) is 4.50. The van der Waals surface area contributed by atoms with Crippen molar-refractivity contribution in [2.75, 3.05) is 5.75 Å². The Hall–Kier alpha value is -1.27. The molecule has 0 heterocycles. The SMILES string of the molecule is O=C(Cc1ccc(F)cc1)CS(=O)(=O)O. The number of carbonyl (C=O) groups is 1. The molecule has 0 aliphatic rings. The van der Waals surface area contributed by atoms with Crippen LogP contribution in [0, 0.1) is 5.82 Å². The van der Waals surface area contributed by atoms with Crippen LogP contribution in [0.1, 0.15) is 5.56 Å². The first-order valence-corrected chi connectivity index (χ1v) is 5.69. The summed E-state index contributed by atoms with van der Waals surface area (Å²) in [4.78, 5) is 11.1. The third kappa shape index (κ3) is 4.66. The van der Waals surface area contributed by atoms with E-state index in [-0.39, 0.29) is 6.42 Å². The van der Waals surface area contributed by atoms with E-state index in [0.29, 0.717) is 5.56 Å². The van der Waals surface area contributed by atoms with Crippen molar-refractivity contribution in [3.05, 3.63) is 35.6 Å². The van der Waals surface area contributed by atoms with Gasteiger partial charge in [0.05, 0.1) is 0 Å². The maximum Gasteiger partial charge on any atom is 0.272 e. The Morgan fingerprint density at radius 3 is 2.27 bits per heavy atom. The molecule has 1 aromatic carbocycles. The zero-order valence-corrected chi connectivity index (χ0v) is 8.50. The number of Topliss-reactive ketones (excluding diaryl/α,β-unsaturated/α-hetero) is 1. The zero-order chi connectivity index (χ0) is 11.5. The van der Waals surface area contributed by atoms with Crippen LogP contribution < -0.4 is 0 Å². The van der Waals surface area contributed by atoms with E-state index in [2.05, 4.69) is 0 Å². The van der Waals surface area contributed by atoms with Gasteiger partial charge in [0.2, 0.25) is 0 Å². The second-order valence-corrected chi connectivity index (χ2v) is 4.52. The lowest BCUT2D eigenvalue weighted by Gasteiger charge is -1.99. The van der Waals surface area contributed by atoms with Crippen LogP contribution in [0.2, 0.25) is 0 Å². The average Bonchev–Trinajstić information content (AvgIpc) is 2.05. The second-order valence-electron chi connectivity index (χ2n) is 3.07. The molecule has 0 aliphatic carbocycles. The van der Waals surface area contributed by atoms with E-state index in [1.165, 1.54) is 24.3 Å². The molecular formula is C9H9FO4S. The molecule has 0 amide bonds. The van der Waals surface area contributed by atoms with E-state index in [1.54, 1.807) is 0 Å². The summed E-state index contributed by atoms with van der Waals surface area (Å²) in [5, 5.41) is 0. The topological polar surface area (TPSA) is 71.4 Å². The van der Waals surface area contributed by atoms with Gasteiger partial charge in [0, 0.05) is 6.42 Å². The van der Waals surface area contributed by atoms with Crippen LogP contribution in [0.5, 0.6) is 0 Å². The van der Waals surface area contributed by atoms with Crippen LogP contribution in [0.4, 0.5) is 4.39 Å². The van der Waals surface area contributed by atoms with Crippen LogP contribution in [0.3, 0.4) is 0 Å². The van der Waals surface area contributed by atoms with Gasteiger partial charge in [0.25, 0.3) is 10.1 Å². The van der Waals surface area contributed by atoms with Crippen LogP contribution in [-0.4, -0.2) is 24.5 Å². The minimum Gasteiger partial charge on any atom is -0.298 e. The Labute approximate surface area is 86.5 Å². The molecule has 15 heavy (non-hydrogen) atoms. The van der Waals surface area contributed by atoms with Crippen molar-refractivity contribution in [3.8, 4) is 0 Å². The highest BCUT2D eigenvalue weighted by atomic mass is 32.2. The quantitative estimate of drug-likeness (QED) is 0.780. The van der Waals surface area contributed by atoms with Crippen LogP contribution in [0.15, 0.2) is 24.3 Å². The number of carbonyl (C=O) groups excluding carboxylic acids is 1. The summed E-state index contributed by atoms with van der Waals surface area (Å²) in [6.07, 6.45) is -0.139. The lowest BCUT2D eigenvalue weighted by molar-refractivity contribution is -0.116. The number of rotatable bonds is 4. The van der Waals surface area contributed by atoms with Crippen molar-refractivity contribution in [3.63, 3.8) is 0 Å². The van der Waals surface area contributed by atoms with Gasteiger partial charge in [-0.1, -0.05) is 12.1 Å². The molecule has 0 aliphatic heterocycles. The molecule has 1 rings (SSSR count). The first kappa shape index (κ1) is 11.8. The average molecular weight is 232 g/mol. The Kier molecular flexibility index (Phi) is 3.54. The van der Waals surface area contributed by atoms with Gasteiger partial charge in [0.15, 0.2) is 5.78 Å². The molecule has 0 aromatic heterocycles. The van der Waals surface area contributed by atoms with Gasteiger partial charge in [-0.3, -0.25) is 9.35 Å². The van der Waals surface area contributed by atoms with Gasteiger partial charge in [0.1, 0.15) is 11.6 Å². The third-order valence-corrected chi connectivity index (χ3v) is 2.34. The van der Waals surface area contributed by atoms with Crippen molar-refractivity contribution in [1.82, 2.24) is 0 Å². The molecule has 0 unspecified atom stereocenters. The molecule has 4 nitrogen and oxygen atoms in total. The monoisotopic (exact) mass is 232 g/mol. The smallest absolute Gasteiger partial charge is 0.272 e. The predicted octanol–water partition coefficient (Wildman–Crippen LogP) is 0.825. The minimum absolute atomic E-state index is 0.139. The van der Waals surface area contributed by atoms with E-state index in [1.807, 2.05) is 0 Å². The fraction of sp³-hybridized carbons (Fsp3) is 0.222. The fourth-order valence-corrected chi connectivity index (χ4v) is 1.59. The highest BCUT2D eigenvalue weighted by Gasteiger charge is 2.13. The molecule has 0 spiro atoms. The summed E-state index contributed by atoms with van der Waals surface area (Å²) >= 11 is 0. The van der Waals surface area contributed by atoms with E-state index in [0.717, 1.165) is 0 Å². The summed E-state index contributed by atoms with van der Waals surface area (Å²) in [6.45, 7) is 0. The Morgan fingerprint density at radius 2 is 1.80 bits per heavy atom. The van der Waals surface area contributed by atoms with E-state index < -0.39 is 27.5 Å². The van der Waals surface area contributed by atoms with E-state index in [9.17, 15) is 17.6 Å². The van der Waals surface area contributed by atoms with E-state index >= 15 is 0 Å². The maximum absolute atomic E-state index is 12.5. The Morgan fingerprint density at radius 1 is 1.27 bits per heavy atom. The number of hydrogen-bond donors (Lipinski definition) is 1. The number of hydrogen-bond acceptors (Lipinski definition) is 3. The summed E-state index contributed by atoms with van der Waals surface area (Å²) in [5.41, 5.74) is 0.505. The van der Waals surface area contributed by atoms with Crippen LogP contribution >= 0.6 is 0 Å². The maximum atomic E-state index is 12.5. The van der Waals surface area contributed by atoms with Gasteiger partial charge >= 0.3 is 0 Å². The highest BCUT2D eigenvalue weighted by Crippen LogP contribution is 2.04. The van der Waals surface area contributed by atoms with Crippen molar-refractivity contribution in [2.24, 2.45) is 0 Å². The molecule has 0 bridgehead atoms. The first-order chi connectivity index (χ1) is 6.87. The molecule has 0 saturated heterocycles. The van der Waals surface area contributed by atoms with Gasteiger partial charge in [-0.15, -0.1) is 0 Å². The predicted molar refractivity (Wildman–Crippen MR) is 51.5 cm³/mol. The summed E-state index contributed by atoms with van der Waals surface area (Å²) in [5.74, 6) is -1.98. The summed E-state index contributed by atoms with van der Waals surface area (Å²) in [7, 11) is -4.28. The highest BCUT2D eigenvalue weighted by molar-refractivity contribution is 7.86. The normalized spacial score (nSPS) is 11.3. The first-order valence-electron chi connectivity index (χ1n) is 4.08. The molecule has 0 radical (unpaired) electrons. The zero-order valence-electron chi connectivity index (χ0n) is 7.68. The Balaban J connectivity index is 2.63. The summed E-state index contributed by atoms with van der Waals surface area (Å²) in [6, 6.07) is 5.13. The molecule has 1 N–H and O–H groups in total. The van der Waals surface area contributed by atoms with Crippen LogP contribution in [-0.2, 0) is 21.3 Å².